The highest BCUT2D eigenvalue weighted by atomic mass is 32.1. The second-order valence-electron chi connectivity index (χ2n) is 6.45. The lowest BCUT2D eigenvalue weighted by Crippen LogP contribution is -2.39. The van der Waals surface area contributed by atoms with Crippen molar-refractivity contribution in [1.82, 2.24) is 25.0 Å². The Kier molecular flexibility index (Phi) is 5.34. The maximum Gasteiger partial charge on any atom is 0.246 e. The number of rotatable bonds is 5. The normalized spacial score (nSPS) is 17.5. The zero-order chi connectivity index (χ0) is 18.5. The van der Waals surface area contributed by atoms with Crippen molar-refractivity contribution in [2.24, 2.45) is 5.92 Å². The number of carbonyl (C=O) groups excluding carboxylic acids is 1. The summed E-state index contributed by atoms with van der Waals surface area (Å²) in [7, 11) is 0. The van der Waals surface area contributed by atoms with Gasteiger partial charge in [0.25, 0.3) is 0 Å². The van der Waals surface area contributed by atoms with E-state index in [0.717, 1.165) is 24.3 Å². The van der Waals surface area contributed by atoms with Gasteiger partial charge in [0.2, 0.25) is 17.6 Å². The number of aromatic nitrogens is 4. The van der Waals surface area contributed by atoms with Gasteiger partial charge in [-0.15, -0.1) is 11.3 Å². The Balaban J connectivity index is 1.36. The first kappa shape index (κ1) is 17.5. The zero-order valence-corrected chi connectivity index (χ0v) is 15.5. The van der Waals surface area contributed by atoms with Crippen LogP contribution in [0, 0.1) is 5.92 Å². The Morgan fingerprint density at radius 1 is 1.41 bits per heavy atom. The quantitative estimate of drug-likeness (QED) is 0.632. The molecule has 7 nitrogen and oxygen atoms in total. The highest BCUT2D eigenvalue weighted by Crippen LogP contribution is 2.22. The molecule has 3 aromatic rings. The van der Waals surface area contributed by atoms with E-state index in [-0.39, 0.29) is 5.91 Å². The summed E-state index contributed by atoms with van der Waals surface area (Å²) in [6, 6.07) is 3.98. The molecular weight excluding hydrogens is 362 g/mol. The molecule has 0 aliphatic carbocycles. The molecule has 1 fully saturated rings. The van der Waals surface area contributed by atoms with Gasteiger partial charge in [0.05, 0.1) is 6.20 Å². The predicted molar refractivity (Wildman–Crippen MR) is 102 cm³/mol. The van der Waals surface area contributed by atoms with Gasteiger partial charge in [0.1, 0.15) is 5.69 Å². The zero-order valence-electron chi connectivity index (χ0n) is 14.7. The molecule has 1 amide bonds. The Morgan fingerprint density at radius 3 is 3.19 bits per heavy atom. The third-order valence-corrected chi connectivity index (χ3v) is 5.33. The molecule has 0 spiro atoms. The molecule has 4 heterocycles. The van der Waals surface area contributed by atoms with Gasteiger partial charge in [-0.05, 0) is 36.3 Å². The van der Waals surface area contributed by atoms with Gasteiger partial charge >= 0.3 is 0 Å². The van der Waals surface area contributed by atoms with Crippen LogP contribution in [-0.2, 0) is 11.2 Å². The molecule has 8 heteroatoms. The van der Waals surface area contributed by atoms with E-state index in [9.17, 15) is 4.79 Å². The molecule has 0 radical (unpaired) electrons. The van der Waals surface area contributed by atoms with Gasteiger partial charge in [-0.3, -0.25) is 9.78 Å². The van der Waals surface area contributed by atoms with Crippen molar-refractivity contribution in [3.63, 3.8) is 0 Å². The number of hydrogen-bond acceptors (Lipinski definition) is 7. The maximum atomic E-state index is 12.5. The Bertz CT molecular complexity index is 907. The van der Waals surface area contributed by atoms with E-state index >= 15 is 0 Å². The summed E-state index contributed by atoms with van der Waals surface area (Å²) in [6.45, 7) is 1.50. The SMILES string of the molecule is O=C(C=Cc1cccs1)N1CCCC(Cc2nc(-c3cnccn3)no2)C1. The van der Waals surface area contributed by atoms with E-state index in [1.807, 2.05) is 28.5 Å². The topological polar surface area (TPSA) is 85.0 Å². The number of piperidine rings is 1. The van der Waals surface area contributed by atoms with E-state index < -0.39 is 0 Å². The molecule has 27 heavy (non-hydrogen) atoms. The van der Waals surface area contributed by atoms with Gasteiger partial charge < -0.3 is 9.42 Å². The van der Waals surface area contributed by atoms with Crippen molar-refractivity contribution < 1.29 is 9.32 Å². The van der Waals surface area contributed by atoms with Crippen LogP contribution in [0.1, 0.15) is 23.6 Å². The fraction of sp³-hybridized carbons (Fsp3) is 0.316. The number of amides is 1. The average Bonchev–Trinajstić information content (AvgIpc) is 3.39. The van der Waals surface area contributed by atoms with Crippen LogP contribution in [0.5, 0.6) is 0 Å². The lowest BCUT2D eigenvalue weighted by molar-refractivity contribution is -0.127. The third-order valence-electron chi connectivity index (χ3n) is 4.49. The fourth-order valence-electron chi connectivity index (χ4n) is 3.18. The molecule has 1 unspecified atom stereocenters. The number of carbonyl (C=O) groups is 1. The second kappa shape index (κ2) is 8.22. The minimum atomic E-state index is 0.0545. The van der Waals surface area contributed by atoms with E-state index in [1.165, 1.54) is 0 Å². The number of hydrogen-bond donors (Lipinski definition) is 0. The summed E-state index contributed by atoms with van der Waals surface area (Å²) in [5, 5.41) is 5.99. The molecule has 3 aromatic heterocycles. The lowest BCUT2D eigenvalue weighted by Gasteiger charge is -2.31. The van der Waals surface area contributed by atoms with Gasteiger partial charge in [-0.25, -0.2) is 4.98 Å². The Morgan fingerprint density at radius 2 is 2.37 bits per heavy atom. The molecule has 1 aliphatic rings. The summed E-state index contributed by atoms with van der Waals surface area (Å²) in [4.78, 5) is 28.1. The van der Waals surface area contributed by atoms with Crippen LogP contribution in [0.3, 0.4) is 0 Å². The summed E-state index contributed by atoms with van der Waals surface area (Å²) in [6.07, 6.45) is 11.0. The minimum absolute atomic E-state index is 0.0545. The molecule has 0 aromatic carbocycles. The second-order valence-corrected chi connectivity index (χ2v) is 7.43. The monoisotopic (exact) mass is 381 g/mol. The van der Waals surface area contributed by atoms with E-state index in [0.29, 0.717) is 36.3 Å². The van der Waals surface area contributed by atoms with Crippen LogP contribution in [-0.4, -0.2) is 44.0 Å². The molecule has 1 saturated heterocycles. The highest BCUT2D eigenvalue weighted by molar-refractivity contribution is 7.10. The van der Waals surface area contributed by atoms with Gasteiger partial charge in [0, 0.05) is 42.9 Å². The molecule has 1 atom stereocenters. The molecule has 1 aliphatic heterocycles. The molecule has 0 saturated carbocycles. The molecule has 138 valence electrons. The van der Waals surface area contributed by atoms with Crippen LogP contribution in [0.15, 0.2) is 46.7 Å². The number of likely N-dealkylation sites (tertiary alicyclic amines) is 1. The van der Waals surface area contributed by atoms with E-state index in [2.05, 4.69) is 20.1 Å². The lowest BCUT2D eigenvalue weighted by atomic mass is 9.94. The van der Waals surface area contributed by atoms with Gasteiger partial charge in [-0.1, -0.05) is 11.2 Å². The summed E-state index contributed by atoms with van der Waals surface area (Å²) in [5.74, 6) is 1.39. The van der Waals surface area contributed by atoms with Gasteiger partial charge in [-0.2, -0.15) is 4.98 Å². The first-order valence-electron chi connectivity index (χ1n) is 8.87. The standard InChI is InChI=1S/C19H19N5O2S/c25-18(6-5-15-4-2-10-27-15)24-9-1-3-14(13-24)11-17-22-19(23-26-17)16-12-20-7-8-21-16/h2,4-8,10,12,14H,1,3,9,11,13H2. The molecular formula is C19H19N5O2S. The molecule has 0 bridgehead atoms. The largest absolute Gasteiger partial charge is 0.339 e. The van der Waals surface area contributed by atoms with Crippen molar-refractivity contribution in [3.8, 4) is 11.5 Å². The first-order valence-corrected chi connectivity index (χ1v) is 9.75. The van der Waals surface area contributed by atoms with Gasteiger partial charge in [0.15, 0.2) is 0 Å². The highest BCUT2D eigenvalue weighted by Gasteiger charge is 2.24. The predicted octanol–water partition coefficient (Wildman–Crippen LogP) is 3.08. The van der Waals surface area contributed by atoms with Crippen molar-refractivity contribution in [2.45, 2.75) is 19.3 Å². The van der Waals surface area contributed by atoms with Crippen molar-refractivity contribution >= 4 is 23.3 Å². The van der Waals surface area contributed by atoms with E-state index in [4.69, 9.17) is 4.52 Å². The summed E-state index contributed by atoms with van der Waals surface area (Å²) >= 11 is 1.62. The van der Waals surface area contributed by atoms with Crippen LogP contribution < -0.4 is 0 Å². The Hall–Kier alpha value is -2.87. The van der Waals surface area contributed by atoms with Crippen molar-refractivity contribution in [2.75, 3.05) is 13.1 Å². The Labute approximate surface area is 160 Å². The number of thiophene rings is 1. The average molecular weight is 381 g/mol. The molecule has 4 rings (SSSR count). The smallest absolute Gasteiger partial charge is 0.246 e. The third kappa shape index (κ3) is 4.46. The number of nitrogens with zero attached hydrogens (tertiary/aromatic N) is 5. The van der Waals surface area contributed by atoms with E-state index in [1.54, 1.807) is 36.0 Å². The first-order chi connectivity index (χ1) is 13.3. The summed E-state index contributed by atoms with van der Waals surface area (Å²) < 4.78 is 5.37. The van der Waals surface area contributed by atoms with Crippen LogP contribution in [0.4, 0.5) is 0 Å². The van der Waals surface area contributed by atoms with Crippen molar-refractivity contribution in [3.05, 3.63) is 52.9 Å². The van der Waals surface area contributed by atoms with Crippen LogP contribution >= 0.6 is 11.3 Å². The molecule has 0 N–H and O–H groups in total. The maximum absolute atomic E-state index is 12.5. The fourth-order valence-corrected chi connectivity index (χ4v) is 3.80. The minimum Gasteiger partial charge on any atom is -0.339 e. The van der Waals surface area contributed by atoms with Crippen molar-refractivity contribution in [1.29, 1.82) is 0 Å². The summed E-state index contributed by atoms with van der Waals surface area (Å²) in [5.41, 5.74) is 0.590. The van der Waals surface area contributed by atoms with Crippen LogP contribution in [0.25, 0.3) is 17.6 Å². The van der Waals surface area contributed by atoms with Crippen LogP contribution in [0.2, 0.25) is 0 Å².